The van der Waals surface area contributed by atoms with Crippen LogP contribution in [0.1, 0.15) is 43.5 Å². The summed E-state index contributed by atoms with van der Waals surface area (Å²) in [6.07, 6.45) is 1.75. The van der Waals surface area contributed by atoms with E-state index >= 15 is 0 Å². The maximum absolute atomic E-state index is 14.1. The molecule has 0 saturated carbocycles. The Morgan fingerprint density at radius 3 is 2.37 bits per heavy atom. The number of hydrogen-bond donors (Lipinski definition) is 0. The average Bonchev–Trinajstić information content (AvgIpc) is 3.34. The number of aromatic nitrogens is 1. The molecule has 0 unspecified atom stereocenters. The van der Waals surface area contributed by atoms with Gasteiger partial charge in [0.2, 0.25) is 0 Å². The third-order valence-electron chi connectivity index (χ3n) is 7.19. The Kier molecular flexibility index (Phi) is 10.3. The molecule has 0 fully saturated rings. The number of carbonyl (C=O) groups excluding carboxylic acids is 1. The highest BCUT2D eigenvalue weighted by Crippen LogP contribution is 2.41. The monoisotopic (exact) mass is 710 g/mol. The number of ether oxygens (including phenoxy) is 5. The first-order valence-corrected chi connectivity index (χ1v) is 16.0. The summed E-state index contributed by atoms with van der Waals surface area (Å²) < 4.78 is 44.1. The van der Waals surface area contributed by atoms with E-state index in [2.05, 4.69) is 20.9 Å². The molecule has 0 radical (unpaired) electrons. The molecular weight excluding hydrogens is 679 g/mol. The fourth-order valence-electron chi connectivity index (χ4n) is 5.06. The van der Waals surface area contributed by atoms with Crippen LogP contribution in [0.3, 0.4) is 0 Å². The van der Waals surface area contributed by atoms with E-state index < -0.39 is 12.0 Å². The zero-order valence-electron chi connectivity index (χ0n) is 25.9. The van der Waals surface area contributed by atoms with Gasteiger partial charge < -0.3 is 23.7 Å². The third kappa shape index (κ3) is 6.73. The van der Waals surface area contributed by atoms with E-state index in [1.807, 2.05) is 13.0 Å². The Hall–Kier alpha value is -4.42. The lowest BCUT2D eigenvalue weighted by Gasteiger charge is -2.26. The SMILES string of the molecule is CCOC(=O)C1=C(C)N=c2s/c(=C\c3ccc(OCc4ccc(F)cc4)c(OCC)c3)c(=O)n2[C@H]1c1cc(OC)c(OC)cc1Br. The number of hydrogen-bond acceptors (Lipinski definition) is 9. The number of allylic oxidation sites excluding steroid dienone is 1. The van der Waals surface area contributed by atoms with Gasteiger partial charge in [-0.15, -0.1) is 0 Å². The van der Waals surface area contributed by atoms with Crippen LogP contribution >= 0.6 is 27.3 Å². The minimum atomic E-state index is -0.854. The Morgan fingerprint density at radius 1 is 0.978 bits per heavy atom. The van der Waals surface area contributed by atoms with Crippen LogP contribution in [-0.4, -0.2) is 38.0 Å². The predicted octanol–water partition coefficient (Wildman–Crippen LogP) is 5.69. The molecule has 0 amide bonds. The molecule has 240 valence electrons. The van der Waals surface area contributed by atoms with Crippen molar-refractivity contribution < 1.29 is 32.9 Å². The number of thiazole rings is 1. The van der Waals surface area contributed by atoms with Crippen molar-refractivity contribution in [2.24, 2.45) is 4.99 Å². The quantitative estimate of drug-likeness (QED) is 0.185. The molecule has 9 nitrogen and oxygen atoms in total. The van der Waals surface area contributed by atoms with Gasteiger partial charge >= 0.3 is 5.97 Å². The van der Waals surface area contributed by atoms with E-state index in [1.54, 1.807) is 56.3 Å². The van der Waals surface area contributed by atoms with Crippen molar-refractivity contribution in [3.05, 3.63) is 113 Å². The first kappa shape index (κ1) is 33.0. The third-order valence-corrected chi connectivity index (χ3v) is 8.86. The first-order valence-electron chi connectivity index (χ1n) is 14.4. The van der Waals surface area contributed by atoms with Crippen molar-refractivity contribution in [3.63, 3.8) is 0 Å². The molecule has 2 heterocycles. The van der Waals surface area contributed by atoms with Gasteiger partial charge in [-0.2, -0.15) is 0 Å². The molecular formula is C34H32BrFN2O7S. The van der Waals surface area contributed by atoms with Gasteiger partial charge in [0.1, 0.15) is 12.4 Å². The zero-order chi connectivity index (χ0) is 33.0. The van der Waals surface area contributed by atoms with Gasteiger partial charge in [0.15, 0.2) is 27.8 Å². The van der Waals surface area contributed by atoms with Crippen molar-refractivity contribution in [2.45, 2.75) is 33.4 Å². The molecule has 1 atom stereocenters. The number of esters is 1. The summed E-state index contributed by atoms with van der Waals surface area (Å²) >= 11 is 4.83. The second kappa shape index (κ2) is 14.3. The van der Waals surface area contributed by atoms with Crippen LogP contribution in [0.5, 0.6) is 23.0 Å². The summed E-state index contributed by atoms with van der Waals surface area (Å²) in [5.41, 5.74) is 2.47. The van der Waals surface area contributed by atoms with Crippen LogP contribution in [0.25, 0.3) is 6.08 Å². The Labute approximate surface area is 277 Å². The van der Waals surface area contributed by atoms with E-state index in [9.17, 15) is 14.0 Å². The number of methoxy groups -OCH3 is 2. The number of carbonyl (C=O) groups is 1. The lowest BCUT2D eigenvalue weighted by atomic mass is 9.95. The number of rotatable bonds is 11. The molecule has 12 heteroatoms. The van der Waals surface area contributed by atoms with Gasteiger partial charge in [-0.3, -0.25) is 9.36 Å². The van der Waals surface area contributed by atoms with Crippen LogP contribution in [0, 0.1) is 5.82 Å². The molecule has 0 N–H and O–H groups in total. The maximum Gasteiger partial charge on any atom is 0.338 e. The van der Waals surface area contributed by atoms with Crippen molar-refractivity contribution in [1.82, 2.24) is 4.57 Å². The van der Waals surface area contributed by atoms with Gasteiger partial charge in [-0.25, -0.2) is 14.2 Å². The van der Waals surface area contributed by atoms with Crippen LogP contribution in [0.2, 0.25) is 0 Å². The topological polar surface area (TPSA) is 97.6 Å². The highest BCUT2D eigenvalue weighted by molar-refractivity contribution is 9.10. The lowest BCUT2D eigenvalue weighted by Crippen LogP contribution is -2.40. The van der Waals surface area contributed by atoms with Gasteiger partial charge in [-0.1, -0.05) is 45.5 Å². The molecule has 1 aromatic heterocycles. The normalized spacial score (nSPS) is 14.4. The summed E-state index contributed by atoms with van der Waals surface area (Å²) in [6, 6.07) is 14.1. The second-order valence-electron chi connectivity index (χ2n) is 10.1. The standard InChI is InChI=1S/C34H32BrFN2O7S/c1-6-43-28-14-21(10-13-25(28)45-18-20-8-11-22(36)12-9-20)15-29-32(39)38-31(23-16-26(41-4)27(42-5)17-24(23)35)30(33(40)44-7-2)19(3)37-34(38)46-29/h8-17,31H,6-7,18H2,1-5H3/b29-15-/t31-/m0/s1. The lowest BCUT2D eigenvalue weighted by molar-refractivity contribution is -0.139. The molecule has 0 saturated heterocycles. The van der Waals surface area contributed by atoms with Gasteiger partial charge in [0.05, 0.1) is 49.3 Å². The zero-order valence-corrected chi connectivity index (χ0v) is 28.3. The molecule has 3 aromatic carbocycles. The number of fused-ring (bicyclic) bond motifs is 1. The van der Waals surface area contributed by atoms with Crippen molar-refractivity contribution in [3.8, 4) is 23.0 Å². The van der Waals surface area contributed by atoms with Crippen molar-refractivity contribution in [2.75, 3.05) is 27.4 Å². The predicted molar refractivity (Wildman–Crippen MR) is 176 cm³/mol. The molecule has 46 heavy (non-hydrogen) atoms. The summed E-state index contributed by atoms with van der Waals surface area (Å²) in [5.74, 6) is 1.05. The average molecular weight is 712 g/mol. The largest absolute Gasteiger partial charge is 0.493 e. The first-order chi connectivity index (χ1) is 22.2. The molecule has 5 rings (SSSR count). The molecule has 0 spiro atoms. The van der Waals surface area contributed by atoms with E-state index in [-0.39, 0.29) is 30.2 Å². The van der Waals surface area contributed by atoms with E-state index in [4.69, 9.17) is 23.7 Å². The number of nitrogens with zero attached hydrogens (tertiary/aromatic N) is 2. The molecule has 1 aliphatic heterocycles. The summed E-state index contributed by atoms with van der Waals surface area (Å²) in [5, 5.41) is 0. The highest BCUT2D eigenvalue weighted by Gasteiger charge is 2.35. The van der Waals surface area contributed by atoms with Gasteiger partial charge in [-0.05, 0) is 79.9 Å². The molecule has 0 bridgehead atoms. The van der Waals surface area contributed by atoms with E-state index in [0.29, 0.717) is 60.2 Å². The summed E-state index contributed by atoms with van der Waals surface area (Å²) in [7, 11) is 3.05. The second-order valence-corrected chi connectivity index (χ2v) is 11.9. The van der Waals surface area contributed by atoms with E-state index in [0.717, 1.165) is 5.56 Å². The highest BCUT2D eigenvalue weighted by atomic mass is 79.9. The Balaban J connectivity index is 1.60. The summed E-state index contributed by atoms with van der Waals surface area (Å²) in [4.78, 5) is 32.5. The Bertz CT molecular complexity index is 1990. The van der Waals surface area contributed by atoms with E-state index in [1.165, 1.54) is 42.3 Å². The Morgan fingerprint density at radius 2 is 1.70 bits per heavy atom. The fourth-order valence-corrected chi connectivity index (χ4v) is 6.65. The smallest absolute Gasteiger partial charge is 0.338 e. The summed E-state index contributed by atoms with van der Waals surface area (Å²) in [6.45, 7) is 6.10. The van der Waals surface area contributed by atoms with Crippen molar-refractivity contribution in [1.29, 1.82) is 0 Å². The van der Waals surface area contributed by atoms with Gasteiger partial charge in [0.25, 0.3) is 5.56 Å². The number of halogens is 2. The molecule has 1 aliphatic rings. The number of benzene rings is 3. The molecule has 0 aliphatic carbocycles. The molecule has 4 aromatic rings. The minimum Gasteiger partial charge on any atom is -0.493 e. The van der Waals surface area contributed by atoms with Crippen LogP contribution in [0.4, 0.5) is 4.39 Å². The fraction of sp³-hybridized carbons (Fsp3) is 0.265. The van der Waals surface area contributed by atoms with Crippen LogP contribution in [0.15, 0.2) is 80.1 Å². The van der Waals surface area contributed by atoms with Crippen LogP contribution in [-0.2, 0) is 16.1 Å². The minimum absolute atomic E-state index is 0.158. The van der Waals surface area contributed by atoms with Crippen LogP contribution < -0.4 is 33.8 Å². The maximum atomic E-state index is 14.1. The van der Waals surface area contributed by atoms with Crippen molar-refractivity contribution >= 4 is 39.3 Å². The van der Waals surface area contributed by atoms with Gasteiger partial charge in [0, 0.05) is 4.47 Å².